The lowest BCUT2D eigenvalue weighted by atomic mass is 10.2. The summed E-state index contributed by atoms with van der Waals surface area (Å²) in [5, 5.41) is 0. The van der Waals surface area contributed by atoms with E-state index >= 15 is 0 Å². The van der Waals surface area contributed by atoms with Gasteiger partial charge in [0.25, 0.3) is 0 Å². The molecule has 0 heterocycles. The summed E-state index contributed by atoms with van der Waals surface area (Å²) >= 11 is 0. The molecule has 0 unspecified atom stereocenters. The normalized spacial score (nSPS) is 8.90. The predicted molar refractivity (Wildman–Crippen MR) is 34.0 cm³/mol. The van der Waals surface area contributed by atoms with E-state index in [1.165, 1.54) is 7.11 Å². The number of carbonyl (C=O) groups is 2. The highest BCUT2D eigenvalue weighted by Crippen LogP contribution is 1.95. The van der Waals surface area contributed by atoms with Crippen LogP contribution in [0.3, 0.4) is 0 Å². The largest absolute Gasteiger partial charge is 0.469 e. The number of hydrogen-bond donors (Lipinski definition) is 0. The maximum absolute atomic E-state index is 10.4. The van der Waals surface area contributed by atoms with E-state index in [9.17, 15) is 9.59 Å². The van der Waals surface area contributed by atoms with Gasteiger partial charge in [-0.3, -0.25) is 15.3 Å². The summed E-state index contributed by atoms with van der Waals surface area (Å²) in [5.74, 6) is -0.967. The molecular formula is C6H10NO3. The summed E-state index contributed by atoms with van der Waals surface area (Å²) in [6.07, 6.45) is 0.769. The van der Waals surface area contributed by atoms with E-state index in [0.717, 1.165) is 0 Å². The fourth-order valence-electron chi connectivity index (χ4n) is 0.495. The van der Waals surface area contributed by atoms with Gasteiger partial charge in [0.1, 0.15) is 0 Å². The van der Waals surface area contributed by atoms with Gasteiger partial charge >= 0.3 is 5.97 Å². The fourth-order valence-corrected chi connectivity index (χ4v) is 0.495. The van der Waals surface area contributed by atoms with E-state index in [0.29, 0.717) is 6.42 Å². The number of ether oxygens (including phenoxy) is 1. The Kier molecular flexibility index (Phi) is 4.28. The lowest BCUT2D eigenvalue weighted by Gasteiger charge is -1.94. The molecule has 0 atom stereocenters. The standard InChI is InChI=1S/C6H10NO3/c1-10-6(9)4-2-3-5(7)8/h7H,2-4H2,1H3. The van der Waals surface area contributed by atoms with Crippen LogP contribution in [0.2, 0.25) is 0 Å². The molecule has 0 bridgehead atoms. The van der Waals surface area contributed by atoms with Crippen molar-refractivity contribution in [1.29, 1.82) is 0 Å². The van der Waals surface area contributed by atoms with E-state index in [2.05, 4.69) is 4.74 Å². The van der Waals surface area contributed by atoms with Gasteiger partial charge in [-0.2, -0.15) is 0 Å². The minimum absolute atomic E-state index is 0.134. The number of rotatable bonds is 4. The monoisotopic (exact) mass is 144 g/mol. The molecular weight excluding hydrogens is 134 g/mol. The highest BCUT2D eigenvalue weighted by atomic mass is 16.5. The third kappa shape index (κ3) is 5.08. The Morgan fingerprint density at radius 1 is 1.40 bits per heavy atom. The van der Waals surface area contributed by atoms with Gasteiger partial charge in [-0.25, -0.2) is 0 Å². The first kappa shape index (κ1) is 8.94. The second-order valence-corrected chi connectivity index (χ2v) is 1.85. The molecule has 0 aromatic heterocycles. The second-order valence-electron chi connectivity index (χ2n) is 1.85. The minimum atomic E-state index is -0.635. The Morgan fingerprint density at radius 2 is 2.00 bits per heavy atom. The number of esters is 1. The fraction of sp³-hybridized carbons (Fsp3) is 0.667. The highest BCUT2D eigenvalue weighted by molar-refractivity contribution is 5.74. The van der Waals surface area contributed by atoms with E-state index in [4.69, 9.17) is 5.73 Å². The first-order chi connectivity index (χ1) is 4.66. The first-order valence-corrected chi connectivity index (χ1v) is 2.98. The Hall–Kier alpha value is -1.06. The molecule has 0 rings (SSSR count). The van der Waals surface area contributed by atoms with Crippen LogP contribution in [0.25, 0.3) is 0 Å². The molecule has 4 nitrogen and oxygen atoms in total. The molecule has 10 heavy (non-hydrogen) atoms. The molecule has 0 saturated carbocycles. The molecule has 0 aliphatic carbocycles. The molecule has 0 aromatic rings. The average molecular weight is 144 g/mol. The zero-order chi connectivity index (χ0) is 7.98. The van der Waals surface area contributed by atoms with Gasteiger partial charge in [-0.15, -0.1) is 0 Å². The maximum atomic E-state index is 10.4. The number of carbonyl (C=O) groups excluding carboxylic acids is 2. The quantitative estimate of drug-likeness (QED) is 0.527. The molecule has 1 amide bonds. The van der Waals surface area contributed by atoms with Crippen molar-refractivity contribution >= 4 is 11.9 Å². The van der Waals surface area contributed by atoms with Crippen molar-refractivity contribution in [2.75, 3.05) is 7.11 Å². The third-order valence-corrected chi connectivity index (χ3v) is 1.01. The number of amides is 1. The van der Waals surface area contributed by atoms with Crippen LogP contribution in [-0.2, 0) is 14.3 Å². The van der Waals surface area contributed by atoms with Crippen molar-refractivity contribution in [1.82, 2.24) is 5.73 Å². The number of nitrogens with one attached hydrogen (secondary N) is 1. The minimum Gasteiger partial charge on any atom is -0.469 e. The van der Waals surface area contributed by atoms with Crippen molar-refractivity contribution < 1.29 is 14.3 Å². The van der Waals surface area contributed by atoms with Crippen molar-refractivity contribution in [3.05, 3.63) is 0 Å². The number of hydrogen-bond acceptors (Lipinski definition) is 3. The molecule has 0 saturated heterocycles. The molecule has 1 radical (unpaired) electrons. The molecule has 57 valence electrons. The van der Waals surface area contributed by atoms with E-state index < -0.39 is 5.91 Å². The molecule has 0 aromatic carbocycles. The van der Waals surface area contributed by atoms with Gasteiger partial charge < -0.3 is 4.74 Å². The lowest BCUT2D eigenvalue weighted by molar-refractivity contribution is -0.140. The van der Waals surface area contributed by atoms with Crippen LogP contribution in [0.5, 0.6) is 0 Å². The van der Waals surface area contributed by atoms with Crippen LogP contribution >= 0.6 is 0 Å². The van der Waals surface area contributed by atoms with Gasteiger partial charge in [-0.05, 0) is 6.42 Å². The van der Waals surface area contributed by atoms with E-state index in [1.54, 1.807) is 0 Å². The Balaban J connectivity index is 3.20. The van der Waals surface area contributed by atoms with E-state index in [-0.39, 0.29) is 18.8 Å². The SMILES string of the molecule is COC(=O)CCCC([NH])=O. The molecule has 0 fully saturated rings. The number of methoxy groups -OCH3 is 1. The molecule has 1 N–H and O–H groups in total. The zero-order valence-electron chi connectivity index (χ0n) is 5.85. The van der Waals surface area contributed by atoms with Gasteiger partial charge in [-0.1, -0.05) is 0 Å². The third-order valence-electron chi connectivity index (χ3n) is 1.01. The molecule has 0 aliphatic heterocycles. The molecule has 4 heteroatoms. The average Bonchev–Trinajstić information content (AvgIpc) is 1.87. The summed E-state index contributed by atoms with van der Waals surface area (Å²) in [7, 11) is 1.30. The van der Waals surface area contributed by atoms with Gasteiger partial charge in [0.2, 0.25) is 5.91 Å². The smallest absolute Gasteiger partial charge is 0.305 e. The van der Waals surface area contributed by atoms with Crippen LogP contribution in [0.15, 0.2) is 0 Å². The topological polar surface area (TPSA) is 67.2 Å². The Morgan fingerprint density at radius 3 is 2.40 bits per heavy atom. The summed E-state index contributed by atoms with van der Waals surface area (Å²) in [6, 6.07) is 0. The van der Waals surface area contributed by atoms with Crippen LogP contribution in [-0.4, -0.2) is 19.0 Å². The van der Waals surface area contributed by atoms with Crippen LogP contribution < -0.4 is 5.73 Å². The molecule has 0 spiro atoms. The van der Waals surface area contributed by atoms with E-state index in [1.807, 2.05) is 0 Å². The van der Waals surface area contributed by atoms with Crippen LogP contribution in [0.1, 0.15) is 19.3 Å². The van der Waals surface area contributed by atoms with Crippen molar-refractivity contribution in [3.8, 4) is 0 Å². The Bertz CT molecular complexity index is 133. The van der Waals surface area contributed by atoms with Crippen LogP contribution in [0.4, 0.5) is 0 Å². The van der Waals surface area contributed by atoms with Gasteiger partial charge in [0.15, 0.2) is 0 Å². The summed E-state index contributed by atoms with van der Waals surface area (Å²) in [5.41, 5.74) is 6.49. The van der Waals surface area contributed by atoms with Gasteiger partial charge in [0, 0.05) is 12.8 Å². The molecule has 0 aliphatic rings. The highest BCUT2D eigenvalue weighted by Gasteiger charge is 2.01. The zero-order valence-corrected chi connectivity index (χ0v) is 5.85. The van der Waals surface area contributed by atoms with Crippen molar-refractivity contribution in [2.45, 2.75) is 19.3 Å². The van der Waals surface area contributed by atoms with Gasteiger partial charge in [0.05, 0.1) is 7.11 Å². The first-order valence-electron chi connectivity index (χ1n) is 2.98. The lowest BCUT2D eigenvalue weighted by Crippen LogP contribution is -2.03. The maximum Gasteiger partial charge on any atom is 0.305 e. The van der Waals surface area contributed by atoms with Crippen molar-refractivity contribution in [3.63, 3.8) is 0 Å². The predicted octanol–water partition coefficient (Wildman–Crippen LogP) is 0.139. The summed E-state index contributed by atoms with van der Waals surface area (Å²) < 4.78 is 4.32. The van der Waals surface area contributed by atoms with Crippen molar-refractivity contribution in [2.24, 2.45) is 0 Å². The summed E-state index contributed by atoms with van der Waals surface area (Å²) in [6.45, 7) is 0. The summed E-state index contributed by atoms with van der Waals surface area (Å²) in [4.78, 5) is 20.4. The second kappa shape index (κ2) is 4.78. The van der Waals surface area contributed by atoms with Crippen LogP contribution in [0, 0.1) is 0 Å². The Labute approximate surface area is 59.3 Å².